The van der Waals surface area contributed by atoms with E-state index < -0.39 is 0 Å². The van der Waals surface area contributed by atoms with Crippen molar-refractivity contribution < 1.29 is 9.84 Å². The molecular formula is C18H28N2O2. The van der Waals surface area contributed by atoms with Gasteiger partial charge in [0.2, 0.25) is 0 Å². The van der Waals surface area contributed by atoms with Crippen molar-refractivity contribution in [2.45, 2.75) is 65.1 Å². The van der Waals surface area contributed by atoms with Crippen molar-refractivity contribution in [1.29, 1.82) is 0 Å². The molecular weight excluding hydrogens is 276 g/mol. The number of nitrogens with zero attached hydrogens (tertiary/aromatic N) is 2. The van der Waals surface area contributed by atoms with Crippen LogP contribution in [0.25, 0.3) is 0 Å². The highest BCUT2D eigenvalue weighted by Crippen LogP contribution is 2.52. The van der Waals surface area contributed by atoms with Crippen molar-refractivity contribution in [1.82, 2.24) is 9.88 Å². The lowest BCUT2D eigenvalue weighted by atomic mass is 9.72. The van der Waals surface area contributed by atoms with Gasteiger partial charge in [-0.15, -0.1) is 0 Å². The number of pyridine rings is 1. The first-order valence-corrected chi connectivity index (χ1v) is 8.42. The maximum atomic E-state index is 9.93. The van der Waals surface area contributed by atoms with E-state index in [1.165, 1.54) is 12.8 Å². The van der Waals surface area contributed by atoms with Gasteiger partial charge in [-0.1, -0.05) is 6.92 Å². The first-order chi connectivity index (χ1) is 10.6. The largest absolute Gasteiger partial charge is 0.496 e. The molecule has 2 aliphatic rings. The summed E-state index contributed by atoms with van der Waals surface area (Å²) in [5, 5.41) is 9.93. The molecule has 22 heavy (non-hydrogen) atoms. The van der Waals surface area contributed by atoms with Crippen LogP contribution in [0.1, 0.15) is 49.4 Å². The van der Waals surface area contributed by atoms with Crippen LogP contribution in [0.5, 0.6) is 5.75 Å². The van der Waals surface area contributed by atoms with Gasteiger partial charge in [-0.2, -0.15) is 0 Å². The number of rotatable bonds is 5. The number of hydrogen-bond acceptors (Lipinski definition) is 4. The lowest BCUT2D eigenvalue weighted by molar-refractivity contribution is 0.0710. The molecule has 0 spiro atoms. The zero-order valence-corrected chi connectivity index (χ0v) is 14.2. The summed E-state index contributed by atoms with van der Waals surface area (Å²) in [4.78, 5) is 7.25. The topological polar surface area (TPSA) is 45.6 Å². The van der Waals surface area contributed by atoms with E-state index in [-0.39, 0.29) is 5.41 Å². The molecule has 4 nitrogen and oxygen atoms in total. The molecule has 0 saturated carbocycles. The normalized spacial score (nSPS) is 31.0. The summed E-state index contributed by atoms with van der Waals surface area (Å²) < 4.78 is 5.53. The van der Waals surface area contributed by atoms with E-state index in [0.717, 1.165) is 42.0 Å². The van der Waals surface area contributed by atoms with Gasteiger partial charge in [0.05, 0.1) is 19.4 Å². The Bertz CT molecular complexity index is 554. The van der Waals surface area contributed by atoms with Gasteiger partial charge in [-0.05, 0) is 39.5 Å². The summed E-state index contributed by atoms with van der Waals surface area (Å²) in [6.07, 6.45) is 6.57. The molecule has 0 unspecified atom stereocenters. The first kappa shape index (κ1) is 15.8. The highest BCUT2D eigenvalue weighted by atomic mass is 16.5. The molecule has 1 aromatic rings. The number of methoxy groups -OCH3 is 1. The summed E-state index contributed by atoms with van der Waals surface area (Å²) in [6.45, 7) is 7.54. The predicted molar refractivity (Wildman–Crippen MR) is 87.0 cm³/mol. The summed E-state index contributed by atoms with van der Waals surface area (Å²) in [5.74, 6) is 0.959. The summed E-state index contributed by atoms with van der Waals surface area (Å²) >= 11 is 0. The third-order valence-corrected chi connectivity index (χ3v) is 6.09. The van der Waals surface area contributed by atoms with Crippen molar-refractivity contribution in [3.63, 3.8) is 0 Å². The lowest BCUT2D eigenvalue weighted by Crippen LogP contribution is -2.39. The molecule has 0 amide bonds. The quantitative estimate of drug-likeness (QED) is 0.908. The monoisotopic (exact) mass is 304 g/mol. The van der Waals surface area contributed by atoms with E-state index in [1.807, 2.05) is 13.1 Å². The highest BCUT2D eigenvalue weighted by Gasteiger charge is 2.54. The van der Waals surface area contributed by atoms with Crippen LogP contribution < -0.4 is 4.74 Å². The fourth-order valence-electron chi connectivity index (χ4n) is 4.72. The molecule has 0 radical (unpaired) electrons. The molecule has 4 heteroatoms. The molecule has 2 saturated heterocycles. The van der Waals surface area contributed by atoms with E-state index in [0.29, 0.717) is 18.7 Å². The average Bonchev–Trinajstić information content (AvgIpc) is 3.05. The Morgan fingerprint density at radius 2 is 2.18 bits per heavy atom. The third-order valence-electron chi connectivity index (χ3n) is 6.09. The van der Waals surface area contributed by atoms with Crippen LogP contribution in [0, 0.1) is 19.3 Å². The second-order valence-corrected chi connectivity index (χ2v) is 7.04. The van der Waals surface area contributed by atoms with E-state index in [9.17, 15) is 5.11 Å². The zero-order chi connectivity index (χ0) is 15.9. The van der Waals surface area contributed by atoms with Crippen molar-refractivity contribution in [3.05, 3.63) is 23.0 Å². The van der Waals surface area contributed by atoms with E-state index in [2.05, 4.69) is 23.7 Å². The molecule has 3 rings (SSSR count). The lowest BCUT2D eigenvalue weighted by Gasteiger charge is -2.35. The van der Waals surface area contributed by atoms with Gasteiger partial charge in [0.15, 0.2) is 0 Å². The number of aliphatic hydroxyl groups is 1. The van der Waals surface area contributed by atoms with Gasteiger partial charge in [0.25, 0.3) is 0 Å². The predicted octanol–water partition coefficient (Wildman–Crippen LogP) is 2.83. The van der Waals surface area contributed by atoms with Gasteiger partial charge < -0.3 is 9.84 Å². The van der Waals surface area contributed by atoms with E-state index in [1.54, 1.807) is 7.11 Å². The molecule has 0 aromatic carbocycles. The highest BCUT2D eigenvalue weighted by molar-refractivity contribution is 5.41. The Labute approximate surface area is 133 Å². The number of fused-ring (bicyclic) bond motifs is 2. The zero-order valence-electron chi connectivity index (χ0n) is 14.2. The van der Waals surface area contributed by atoms with Gasteiger partial charge in [-0.25, -0.2) is 0 Å². The van der Waals surface area contributed by atoms with Crippen LogP contribution in [0.4, 0.5) is 0 Å². The van der Waals surface area contributed by atoms with Crippen LogP contribution in [-0.2, 0) is 6.54 Å². The van der Waals surface area contributed by atoms with Crippen LogP contribution in [0.2, 0.25) is 0 Å². The Balaban J connectivity index is 1.86. The molecule has 2 fully saturated rings. The smallest absolute Gasteiger partial charge is 0.128 e. The Kier molecular flexibility index (Phi) is 4.17. The maximum Gasteiger partial charge on any atom is 0.128 e. The number of aryl methyl sites for hydroxylation is 1. The SMILES string of the molecule is CC[C@]1(CO)C[C@H]2CC[C@@H]1N2Cc1ncc(C)c(OC)c1C. The molecule has 3 atom stereocenters. The summed E-state index contributed by atoms with van der Waals surface area (Å²) in [7, 11) is 1.73. The number of aliphatic hydroxyl groups excluding tert-OH is 1. The minimum Gasteiger partial charge on any atom is -0.496 e. The molecule has 1 N–H and O–H groups in total. The van der Waals surface area contributed by atoms with Crippen LogP contribution >= 0.6 is 0 Å². The second kappa shape index (κ2) is 5.82. The molecule has 122 valence electrons. The minimum absolute atomic E-state index is 0.103. The number of ether oxygens (including phenoxy) is 1. The van der Waals surface area contributed by atoms with Gasteiger partial charge in [0, 0.05) is 41.4 Å². The number of aromatic nitrogens is 1. The van der Waals surface area contributed by atoms with Crippen LogP contribution in [-0.4, -0.2) is 40.8 Å². The first-order valence-electron chi connectivity index (χ1n) is 8.42. The van der Waals surface area contributed by atoms with Crippen LogP contribution in [0.3, 0.4) is 0 Å². The Hall–Kier alpha value is -1.13. The Morgan fingerprint density at radius 1 is 1.41 bits per heavy atom. The Morgan fingerprint density at radius 3 is 2.77 bits per heavy atom. The summed E-state index contributed by atoms with van der Waals surface area (Å²) in [5.41, 5.74) is 3.46. The average molecular weight is 304 g/mol. The summed E-state index contributed by atoms with van der Waals surface area (Å²) in [6, 6.07) is 1.10. The van der Waals surface area contributed by atoms with Crippen molar-refractivity contribution >= 4 is 0 Å². The van der Waals surface area contributed by atoms with E-state index in [4.69, 9.17) is 4.74 Å². The van der Waals surface area contributed by atoms with Gasteiger partial charge >= 0.3 is 0 Å². The fourth-order valence-corrected chi connectivity index (χ4v) is 4.72. The van der Waals surface area contributed by atoms with Gasteiger partial charge in [-0.3, -0.25) is 9.88 Å². The number of hydrogen-bond donors (Lipinski definition) is 1. The molecule has 0 aliphatic carbocycles. The standard InChI is InChI=1S/C18H28N2O2/c1-5-18(11-21)8-14-6-7-16(18)20(14)10-15-13(3)17(22-4)12(2)9-19-15/h9,14,16,21H,5-8,10-11H2,1-4H3/t14-,16+,18-/m1/s1. The van der Waals surface area contributed by atoms with E-state index >= 15 is 0 Å². The van der Waals surface area contributed by atoms with Crippen molar-refractivity contribution in [2.75, 3.05) is 13.7 Å². The van der Waals surface area contributed by atoms with Crippen molar-refractivity contribution in [3.8, 4) is 5.75 Å². The molecule has 1 aromatic heterocycles. The molecule has 2 bridgehead atoms. The minimum atomic E-state index is 0.103. The second-order valence-electron chi connectivity index (χ2n) is 7.04. The van der Waals surface area contributed by atoms with Crippen molar-refractivity contribution in [2.24, 2.45) is 5.41 Å². The molecule has 2 aliphatic heterocycles. The molecule has 3 heterocycles. The maximum absolute atomic E-state index is 9.93. The third kappa shape index (κ3) is 2.24. The fraction of sp³-hybridized carbons (Fsp3) is 0.722. The van der Waals surface area contributed by atoms with Crippen LogP contribution in [0.15, 0.2) is 6.20 Å². The van der Waals surface area contributed by atoms with Gasteiger partial charge in [0.1, 0.15) is 5.75 Å².